The Hall–Kier alpha value is -2.05. The molecule has 0 aliphatic rings. The number of halogens is 2. The number of benzene rings is 2. The second-order valence-electron chi connectivity index (χ2n) is 4.23. The molecular formula is C15H12ClFN2. The van der Waals surface area contributed by atoms with Gasteiger partial charge in [-0.2, -0.15) is 5.26 Å². The Morgan fingerprint density at radius 1 is 1.26 bits per heavy atom. The second kappa shape index (κ2) is 5.73. The Labute approximate surface area is 116 Å². The highest BCUT2D eigenvalue weighted by Crippen LogP contribution is 2.24. The van der Waals surface area contributed by atoms with Gasteiger partial charge in [0.15, 0.2) is 0 Å². The van der Waals surface area contributed by atoms with E-state index in [1.807, 2.05) is 6.92 Å². The third-order valence-electron chi connectivity index (χ3n) is 2.88. The fourth-order valence-electron chi connectivity index (χ4n) is 1.75. The van der Waals surface area contributed by atoms with Gasteiger partial charge in [0, 0.05) is 6.54 Å². The first kappa shape index (κ1) is 13.4. The minimum absolute atomic E-state index is 0.265. The lowest BCUT2D eigenvalue weighted by Gasteiger charge is -2.11. The minimum atomic E-state index is -0.265. The largest absolute Gasteiger partial charge is 0.380 e. The summed E-state index contributed by atoms with van der Waals surface area (Å²) >= 11 is 6.04. The monoisotopic (exact) mass is 274 g/mol. The number of nitriles is 1. The molecule has 0 amide bonds. The van der Waals surface area contributed by atoms with Crippen LogP contribution in [0.5, 0.6) is 0 Å². The molecule has 0 radical (unpaired) electrons. The van der Waals surface area contributed by atoms with E-state index in [-0.39, 0.29) is 5.82 Å². The molecular weight excluding hydrogens is 263 g/mol. The Balaban J connectivity index is 2.19. The summed E-state index contributed by atoms with van der Waals surface area (Å²) in [6.07, 6.45) is 0. The van der Waals surface area contributed by atoms with Gasteiger partial charge in [-0.15, -0.1) is 0 Å². The van der Waals surface area contributed by atoms with Crippen LogP contribution in [0, 0.1) is 24.1 Å². The molecule has 2 nitrogen and oxygen atoms in total. The number of nitrogens with one attached hydrogen (secondary N) is 1. The Bertz CT molecular complexity index is 647. The van der Waals surface area contributed by atoms with Gasteiger partial charge in [0.25, 0.3) is 0 Å². The zero-order valence-electron chi connectivity index (χ0n) is 10.4. The van der Waals surface area contributed by atoms with Crippen LogP contribution in [-0.4, -0.2) is 0 Å². The van der Waals surface area contributed by atoms with Crippen molar-refractivity contribution in [2.24, 2.45) is 0 Å². The van der Waals surface area contributed by atoms with Crippen LogP contribution in [0.1, 0.15) is 16.7 Å². The predicted octanol–water partition coefficient (Wildman–Crippen LogP) is 4.27. The molecule has 0 aromatic heterocycles. The molecule has 0 heterocycles. The molecule has 0 spiro atoms. The van der Waals surface area contributed by atoms with Crippen LogP contribution < -0.4 is 5.32 Å². The lowest BCUT2D eigenvalue weighted by Crippen LogP contribution is -2.02. The number of anilines is 1. The van der Waals surface area contributed by atoms with Crippen molar-refractivity contribution in [2.45, 2.75) is 13.5 Å². The first-order valence-corrected chi connectivity index (χ1v) is 6.16. The number of rotatable bonds is 3. The maximum Gasteiger partial charge on any atom is 0.123 e. The molecule has 2 rings (SSSR count). The first-order chi connectivity index (χ1) is 9.10. The van der Waals surface area contributed by atoms with E-state index in [0.29, 0.717) is 22.8 Å². The van der Waals surface area contributed by atoms with Crippen molar-refractivity contribution in [2.75, 3.05) is 5.32 Å². The third kappa shape index (κ3) is 3.24. The molecule has 96 valence electrons. The molecule has 0 bridgehead atoms. The molecule has 0 unspecified atom stereocenters. The van der Waals surface area contributed by atoms with Crippen molar-refractivity contribution in [3.8, 4) is 6.07 Å². The van der Waals surface area contributed by atoms with Crippen LogP contribution in [0.2, 0.25) is 5.02 Å². The maximum absolute atomic E-state index is 13.2. The van der Waals surface area contributed by atoms with Gasteiger partial charge in [-0.25, -0.2) is 4.39 Å². The summed E-state index contributed by atoms with van der Waals surface area (Å²) in [7, 11) is 0. The maximum atomic E-state index is 13.2. The van der Waals surface area contributed by atoms with Crippen molar-refractivity contribution in [3.63, 3.8) is 0 Å². The van der Waals surface area contributed by atoms with Gasteiger partial charge in [-0.05, 0) is 48.4 Å². The summed E-state index contributed by atoms with van der Waals surface area (Å²) in [5.41, 5.74) is 3.06. The summed E-state index contributed by atoms with van der Waals surface area (Å²) in [4.78, 5) is 0. The van der Waals surface area contributed by atoms with Crippen molar-refractivity contribution in [1.29, 1.82) is 5.26 Å². The van der Waals surface area contributed by atoms with E-state index in [9.17, 15) is 4.39 Å². The van der Waals surface area contributed by atoms with Gasteiger partial charge < -0.3 is 5.32 Å². The molecule has 4 heteroatoms. The minimum Gasteiger partial charge on any atom is -0.380 e. The molecule has 2 aromatic rings. The number of nitrogens with zero attached hydrogens (tertiary/aromatic N) is 1. The Kier molecular flexibility index (Phi) is 4.03. The summed E-state index contributed by atoms with van der Waals surface area (Å²) in [6, 6.07) is 11.7. The van der Waals surface area contributed by atoms with E-state index in [4.69, 9.17) is 16.9 Å². The van der Waals surface area contributed by atoms with Crippen LogP contribution in [-0.2, 0) is 6.54 Å². The number of hydrogen-bond acceptors (Lipinski definition) is 2. The molecule has 0 saturated carbocycles. The van der Waals surface area contributed by atoms with Gasteiger partial charge in [-0.3, -0.25) is 0 Å². The van der Waals surface area contributed by atoms with Gasteiger partial charge >= 0.3 is 0 Å². The van der Waals surface area contributed by atoms with Gasteiger partial charge in [0.1, 0.15) is 5.82 Å². The Morgan fingerprint density at radius 2 is 2.05 bits per heavy atom. The quantitative estimate of drug-likeness (QED) is 0.907. The molecule has 0 aliphatic carbocycles. The lowest BCUT2D eigenvalue weighted by atomic mass is 10.1. The summed E-state index contributed by atoms with van der Waals surface area (Å²) < 4.78 is 13.2. The standard InChI is InChI=1S/C15H12ClFN2/c1-10-2-4-13(17)7-12(10)9-19-15-6-11(8-18)3-5-14(15)16/h2-7,19H,9H2,1H3. The highest BCUT2D eigenvalue weighted by molar-refractivity contribution is 6.33. The molecule has 19 heavy (non-hydrogen) atoms. The van der Waals surface area contributed by atoms with Gasteiger partial charge in [0.2, 0.25) is 0 Å². The number of aryl methyl sites for hydroxylation is 1. The van der Waals surface area contributed by atoms with Gasteiger partial charge in [0.05, 0.1) is 22.3 Å². The summed E-state index contributed by atoms with van der Waals surface area (Å²) in [5, 5.41) is 12.5. The average Bonchev–Trinajstić information content (AvgIpc) is 2.41. The van der Waals surface area contributed by atoms with Crippen molar-refractivity contribution < 1.29 is 4.39 Å². The van der Waals surface area contributed by atoms with Gasteiger partial charge in [-0.1, -0.05) is 17.7 Å². The van der Waals surface area contributed by atoms with E-state index in [1.54, 1.807) is 24.3 Å². The molecule has 0 aliphatic heterocycles. The topological polar surface area (TPSA) is 35.8 Å². The first-order valence-electron chi connectivity index (χ1n) is 5.78. The Morgan fingerprint density at radius 3 is 2.79 bits per heavy atom. The molecule has 0 atom stereocenters. The fraction of sp³-hybridized carbons (Fsp3) is 0.133. The SMILES string of the molecule is Cc1ccc(F)cc1CNc1cc(C#N)ccc1Cl. The molecule has 0 fully saturated rings. The molecule has 2 aromatic carbocycles. The molecule has 0 saturated heterocycles. The normalized spacial score (nSPS) is 10.0. The van der Waals surface area contributed by atoms with E-state index < -0.39 is 0 Å². The van der Waals surface area contributed by atoms with E-state index in [1.165, 1.54) is 12.1 Å². The third-order valence-corrected chi connectivity index (χ3v) is 3.21. The number of hydrogen-bond donors (Lipinski definition) is 1. The predicted molar refractivity (Wildman–Crippen MR) is 74.6 cm³/mol. The smallest absolute Gasteiger partial charge is 0.123 e. The zero-order valence-corrected chi connectivity index (χ0v) is 11.1. The van der Waals surface area contributed by atoms with E-state index in [0.717, 1.165) is 11.1 Å². The molecule has 1 N–H and O–H groups in total. The van der Waals surface area contributed by atoms with Crippen LogP contribution in [0.3, 0.4) is 0 Å². The van der Waals surface area contributed by atoms with E-state index >= 15 is 0 Å². The van der Waals surface area contributed by atoms with Crippen molar-refractivity contribution in [1.82, 2.24) is 0 Å². The highest BCUT2D eigenvalue weighted by Gasteiger charge is 2.04. The van der Waals surface area contributed by atoms with Crippen molar-refractivity contribution in [3.05, 3.63) is 63.9 Å². The van der Waals surface area contributed by atoms with Crippen LogP contribution in [0.25, 0.3) is 0 Å². The lowest BCUT2D eigenvalue weighted by molar-refractivity contribution is 0.625. The summed E-state index contributed by atoms with van der Waals surface area (Å²) in [5.74, 6) is -0.265. The second-order valence-corrected chi connectivity index (χ2v) is 4.64. The highest BCUT2D eigenvalue weighted by atomic mass is 35.5. The fourth-order valence-corrected chi connectivity index (χ4v) is 1.94. The summed E-state index contributed by atoms with van der Waals surface area (Å²) in [6.45, 7) is 2.38. The van der Waals surface area contributed by atoms with Crippen LogP contribution >= 0.6 is 11.6 Å². The van der Waals surface area contributed by atoms with Crippen LogP contribution in [0.4, 0.5) is 10.1 Å². The van der Waals surface area contributed by atoms with Crippen molar-refractivity contribution >= 4 is 17.3 Å². The zero-order chi connectivity index (χ0) is 13.8. The van der Waals surface area contributed by atoms with Crippen LogP contribution in [0.15, 0.2) is 36.4 Å². The average molecular weight is 275 g/mol. The van der Waals surface area contributed by atoms with E-state index in [2.05, 4.69) is 11.4 Å².